The molecular formula is C22H21F3N4O2. The van der Waals surface area contributed by atoms with Crippen LogP contribution in [0.3, 0.4) is 0 Å². The third kappa shape index (κ3) is 4.27. The second kappa shape index (κ2) is 8.07. The van der Waals surface area contributed by atoms with E-state index in [1.807, 2.05) is 0 Å². The number of anilines is 2. The van der Waals surface area contributed by atoms with Crippen molar-refractivity contribution >= 4 is 17.4 Å². The maximum atomic E-state index is 13.8. The van der Waals surface area contributed by atoms with E-state index in [9.17, 15) is 23.1 Å². The highest BCUT2D eigenvalue weighted by Gasteiger charge is 2.47. The predicted molar refractivity (Wildman–Crippen MR) is 110 cm³/mol. The maximum Gasteiger partial charge on any atom is 0.410 e. The Balaban J connectivity index is 1.67. The van der Waals surface area contributed by atoms with E-state index >= 15 is 0 Å². The Kier molecular flexibility index (Phi) is 5.45. The Labute approximate surface area is 176 Å². The van der Waals surface area contributed by atoms with Crippen molar-refractivity contribution in [2.24, 2.45) is 0 Å². The number of benzene rings is 2. The highest BCUT2D eigenvalue weighted by molar-refractivity contribution is 6.07. The highest BCUT2D eigenvalue weighted by atomic mass is 19.4. The molecular weight excluding hydrogens is 409 g/mol. The number of fused-ring (bicyclic) bond motifs is 1. The van der Waals surface area contributed by atoms with E-state index < -0.39 is 30.3 Å². The minimum atomic E-state index is -4.52. The molecule has 4 rings (SSSR count). The molecule has 2 aromatic carbocycles. The molecule has 6 nitrogen and oxygen atoms in total. The van der Waals surface area contributed by atoms with Gasteiger partial charge in [0.2, 0.25) is 0 Å². The highest BCUT2D eigenvalue weighted by Crippen LogP contribution is 2.44. The van der Waals surface area contributed by atoms with Crippen molar-refractivity contribution in [3.05, 3.63) is 77.5 Å². The summed E-state index contributed by atoms with van der Waals surface area (Å²) in [6, 6.07) is 13.0. The lowest BCUT2D eigenvalue weighted by Gasteiger charge is -2.34. The second-order valence-corrected chi connectivity index (χ2v) is 7.51. The standard InChI is InChI=1S/C22H21F3N4O2/c1-13(30)15-8-5-9-16(10-15)27-21(31)17-12-26-29-19(22(23,24)25)11-18(28-20(17)29)14-6-3-2-4-7-14/h2-10,12-13,18-19,28,30H,11H2,1H3,(H,27,31)/t13?,18-,19+/m1/s1. The summed E-state index contributed by atoms with van der Waals surface area (Å²) >= 11 is 0. The number of nitrogens with zero attached hydrogens (tertiary/aromatic N) is 2. The van der Waals surface area contributed by atoms with Gasteiger partial charge >= 0.3 is 6.18 Å². The number of halogens is 3. The molecule has 0 aliphatic carbocycles. The normalized spacial score (nSPS) is 19.3. The van der Waals surface area contributed by atoms with Crippen LogP contribution in [0.4, 0.5) is 24.7 Å². The quantitative estimate of drug-likeness (QED) is 0.553. The van der Waals surface area contributed by atoms with Crippen LogP contribution in [0, 0.1) is 0 Å². The van der Waals surface area contributed by atoms with Gasteiger partial charge in [0.25, 0.3) is 5.91 Å². The molecule has 1 aliphatic rings. The SMILES string of the molecule is CC(O)c1cccc(NC(=O)c2cnn3c2N[C@@H](c2ccccc2)C[C@H]3C(F)(F)F)c1. The van der Waals surface area contributed by atoms with E-state index in [0.29, 0.717) is 16.8 Å². The van der Waals surface area contributed by atoms with E-state index in [0.717, 1.165) is 10.9 Å². The van der Waals surface area contributed by atoms with Gasteiger partial charge < -0.3 is 15.7 Å². The minimum absolute atomic E-state index is 0.0114. The average Bonchev–Trinajstić information content (AvgIpc) is 3.17. The lowest BCUT2D eigenvalue weighted by atomic mass is 9.96. The number of aliphatic hydroxyl groups excluding tert-OH is 1. The predicted octanol–water partition coefficient (Wildman–Crippen LogP) is 4.85. The van der Waals surface area contributed by atoms with Crippen LogP contribution in [-0.2, 0) is 0 Å². The molecule has 2 heterocycles. The van der Waals surface area contributed by atoms with Gasteiger partial charge in [0.05, 0.1) is 18.3 Å². The first-order chi connectivity index (χ1) is 14.7. The third-order valence-electron chi connectivity index (χ3n) is 5.31. The monoisotopic (exact) mass is 430 g/mol. The molecule has 3 N–H and O–H groups in total. The zero-order valence-electron chi connectivity index (χ0n) is 16.6. The fourth-order valence-corrected chi connectivity index (χ4v) is 3.71. The fraction of sp³-hybridized carbons (Fsp3) is 0.273. The first-order valence-electron chi connectivity index (χ1n) is 9.79. The molecule has 1 aliphatic heterocycles. The fourth-order valence-electron chi connectivity index (χ4n) is 3.71. The zero-order valence-corrected chi connectivity index (χ0v) is 16.6. The lowest BCUT2D eigenvalue weighted by molar-refractivity contribution is -0.173. The molecule has 1 aromatic heterocycles. The molecule has 0 saturated carbocycles. The number of aromatic nitrogens is 2. The van der Waals surface area contributed by atoms with Crippen molar-refractivity contribution < 1.29 is 23.1 Å². The summed E-state index contributed by atoms with van der Waals surface area (Å²) in [7, 11) is 0. The van der Waals surface area contributed by atoms with Crippen molar-refractivity contribution in [1.29, 1.82) is 0 Å². The number of carbonyl (C=O) groups excluding carboxylic acids is 1. The summed E-state index contributed by atoms with van der Waals surface area (Å²) in [6.45, 7) is 1.60. The van der Waals surface area contributed by atoms with Gasteiger partial charge in [-0.15, -0.1) is 0 Å². The van der Waals surface area contributed by atoms with E-state index in [1.54, 1.807) is 61.5 Å². The Bertz CT molecular complexity index is 1080. The van der Waals surface area contributed by atoms with Crippen molar-refractivity contribution in [2.45, 2.75) is 37.7 Å². The number of rotatable bonds is 4. The summed E-state index contributed by atoms with van der Waals surface area (Å²) in [5, 5.41) is 19.3. The Morgan fingerprint density at radius 1 is 1.23 bits per heavy atom. The summed E-state index contributed by atoms with van der Waals surface area (Å²) in [4.78, 5) is 12.9. The van der Waals surface area contributed by atoms with E-state index in [2.05, 4.69) is 15.7 Å². The molecule has 9 heteroatoms. The Hall–Kier alpha value is -3.33. The van der Waals surface area contributed by atoms with Crippen molar-refractivity contribution in [2.75, 3.05) is 10.6 Å². The number of hydrogen-bond donors (Lipinski definition) is 3. The topological polar surface area (TPSA) is 79.2 Å². The summed E-state index contributed by atoms with van der Waals surface area (Å²) < 4.78 is 42.2. The molecule has 1 unspecified atom stereocenters. The molecule has 0 spiro atoms. The largest absolute Gasteiger partial charge is 0.410 e. The van der Waals surface area contributed by atoms with Gasteiger partial charge in [-0.25, -0.2) is 4.68 Å². The van der Waals surface area contributed by atoms with Crippen LogP contribution in [0.1, 0.15) is 53.0 Å². The molecule has 0 fully saturated rings. The Morgan fingerprint density at radius 3 is 2.65 bits per heavy atom. The first kappa shape index (κ1) is 20.9. The van der Waals surface area contributed by atoms with Crippen LogP contribution in [0.15, 0.2) is 60.8 Å². The second-order valence-electron chi connectivity index (χ2n) is 7.51. The molecule has 3 aromatic rings. The van der Waals surface area contributed by atoms with Crippen molar-refractivity contribution in [3.8, 4) is 0 Å². The summed E-state index contributed by atoms with van der Waals surface area (Å²) in [5.74, 6) is -0.572. The maximum absolute atomic E-state index is 13.8. The van der Waals surface area contributed by atoms with E-state index in [4.69, 9.17) is 0 Å². The molecule has 162 valence electrons. The van der Waals surface area contributed by atoms with Gasteiger partial charge in [-0.3, -0.25) is 4.79 Å². The average molecular weight is 430 g/mol. The van der Waals surface area contributed by atoms with E-state index in [-0.39, 0.29) is 17.8 Å². The van der Waals surface area contributed by atoms with Crippen LogP contribution in [0.25, 0.3) is 0 Å². The van der Waals surface area contributed by atoms with Crippen molar-refractivity contribution in [1.82, 2.24) is 9.78 Å². The van der Waals surface area contributed by atoms with Gasteiger partial charge in [0, 0.05) is 12.1 Å². The van der Waals surface area contributed by atoms with Crippen LogP contribution < -0.4 is 10.6 Å². The summed E-state index contributed by atoms with van der Waals surface area (Å²) in [5.41, 5.74) is 1.73. The molecule has 1 amide bonds. The van der Waals surface area contributed by atoms with Crippen LogP contribution in [-0.4, -0.2) is 27.0 Å². The van der Waals surface area contributed by atoms with Crippen LogP contribution >= 0.6 is 0 Å². The molecule has 3 atom stereocenters. The number of carbonyl (C=O) groups is 1. The third-order valence-corrected chi connectivity index (χ3v) is 5.31. The van der Waals surface area contributed by atoms with Crippen LogP contribution in [0.2, 0.25) is 0 Å². The zero-order chi connectivity index (χ0) is 22.2. The van der Waals surface area contributed by atoms with Gasteiger partial charge in [-0.2, -0.15) is 18.3 Å². The minimum Gasteiger partial charge on any atom is -0.389 e. The lowest BCUT2D eigenvalue weighted by Crippen LogP contribution is -2.36. The van der Waals surface area contributed by atoms with Gasteiger partial charge in [-0.1, -0.05) is 42.5 Å². The van der Waals surface area contributed by atoms with Gasteiger partial charge in [-0.05, 0) is 30.2 Å². The number of nitrogens with one attached hydrogen (secondary N) is 2. The number of aliphatic hydroxyl groups is 1. The van der Waals surface area contributed by atoms with Gasteiger partial charge in [0.15, 0.2) is 6.04 Å². The summed E-state index contributed by atoms with van der Waals surface area (Å²) in [6.07, 6.45) is -4.33. The van der Waals surface area contributed by atoms with E-state index in [1.165, 1.54) is 0 Å². The number of alkyl halides is 3. The van der Waals surface area contributed by atoms with Crippen LogP contribution in [0.5, 0.6) is 0 Å². The number of amides is 1. The van der Waals surface area contributed by atoms with Gasteiger partial charge in [0.1, 0.15) is 11.4 Å². The molecule has 31 heavy (non-hydrogen) atoms. The van der Waals surface area contributed by atoms with Crippen molar-refractivity contribution in [3.63, 3.8) is 0 Å². The molecule has 0 radical (unpaired) electrons. The first-order valence-corrected chi connectivity index (χ1v) is 9.79. The molecule has 0 saturated heterocycles. The smallest absolute Gasteiger partial charge is 0.389 e. The Morgan fingerprint density at radius 2 is 1.97 bits per heavy atom. The number of hydrogen-bond acceptors (Lipinski definition) is 4. The molecule has 0 bridgehead atoms.